The van der Waals surface area contributed by atoms with Gasteiger partial charge in [-0.15, -0.1) is 0 Å². The van der Waals surface area contributed by atoms with Crippen molar-refractivity contribution in [3.8, 4) is 23.3 Å². The fourth-order valence-electron chi connectivity index (χ4n) is 16.9. The largest absolute Gasteiger partial charge is 0.491 e. The lowest BCUT2D eigenvalue weighted by Gasteiger charge is -2.33. The lowest BCUT2D eigenvalue weighted by atomic mass is 9.82. The van der Waals surface area contributed by atoms with Gasteiger partial charge in [0.1, 0.15) is 35.1 Å². The van der Waals surface area contributed by atoms with E-state index in [1.54, 1.807) is 52.0 Å². The van der Waals surface area contributed by atoms with Crippen molar-refractivity contribution >= 4 is 88.7 Å². The topological polar surface area (TPSA) is 317 Å². The molecule has 0 unspecified atom stereocenters. The summed E-state index contributed by atoms with van der Waals surface area (Å²) in [5, 5.41) is 1.57. The van der Waals surface area contributed by atoms with Crippen LogP contribution in [0.5, 0.6) is 23.3 Å². The number of rotatable bonds is 22. The zero-order valence-electron chi connectivity index (χ0n) is 68.6. The monoisotopic (exact) mass is 1740 g/mol. The number of sulfonamides is 2. The van der Waals surface area contributed by atoms with E-state index in [1.165, 1.54) is 46.5 Å². The average Bonchev–Trinajstić information content (AvgIpc) is 1.56. The zero-order valence-corrected chi connectivity index (χ0v) is 70.2. The molecule has 2 saturated heterocycles. The number of allylic oxidation sites excluding steroid dienone is 4. The maximum absolute atomic E-state index is 15.1. The number of nitrogens with zero attached hydrogens (tertiary/aromatic N) is 4. The van der Waals surface area contributed by atoms with E-state index in [1.807, 2.05) is 26.0 Å². The van der Waals surface area contributed by atoms with Crippen LogP contribution in [0.25, 0.3) is 21.5 Å². The van der Waals surface area contributed by atoms with Crippen LogP contribution >= 0.6 is 0 Å². The number of fused-ring (bicyclic) bond motifs is 6. The standard InChI is InChI=1S/2C42H52F5N3O9S/c2*1-6-57-34-16-26-11-14-48-36(30(26)18-31(34)44)58-28-17-32-33(51)21-41(38(54)49-60(55,56)40(23-43)12-13-40)20-27(41)10-8-7-9-24(2)15-25(3)29(37(53)50(32)22-28)19-35(52)59-39(4,5)42(45,46)47/h2*8,10-11,14,16,18,24-25,27-29,32H,6-7,9,12-13,15,17,19-23H2,1-5H3,(H,49,54)/b2*10-8-/t24-,25+,27+,28+,29-,32-,41+;24-,25-,27-,28-,29+,32+,41-/m01/s1. The van der Waals surface area contributed by atoms with Crippen molar-refractivity contribution < 1.29 is 128 Å². The molecule has 0 bridgehead atoms. The Morgan fingerprint density at radius 1 is 0.550 bits per heavy atom. The molecule has 24 nitrogen and oxygen atoms in total. The number of amides is 4. The normalized spacial score (nSPS) is 29.1. The molecular weight excluding hydrogens is 1640 g/mol. The number of carbonyl (C=O) groups excluding carboxylic acids is 8. The highest BCUT2D eigenvalue weighted by Crippen LogP contribution is 2.60. The fraction of sp³-hybridized carbons (Fsp3) is 0.643. The fourth-order valence-corrected chi connectivity index (χ4v) is 19.8. The molecule has 4 aliphatic carbocycles. The van der Waals surface area contributed by atoms with Gasteiger partial charge in [0.05, 0.1) is 73.9 Å². The van der Waals surface area contributed by atoms with Crippen molar-refractivity contribution in [1.82, 2.24) is 29.2 Å². The minimum absolute atomic E-state index is 0.00715. The molecule has 2 aromatic carbocycles. The number of Topliss-reactive ketones (excluding diaryl/α,β-unsaturated/α-hetero) is 2. The number of ether oxygens (including phenoxy) is 6. The number of ketones is 2. The molecule has 8 aliphatic rings. The van der Waals surface area contributed by atoms with Crippen molar-refractivity contribution in [3.05, 3.63) is 84.7 Å². The summed E-state index contributed by atoms with van der Waals surface area (Å²) in [7, 11) is -8.89. The molecule has 0 spiro atoms. The summed E-state index contributed by atoms with van der Waals surface area (Å²) in [6.45, 7) is 11.0. The molecule has 6 heterocycles. The summed E-state index contributed by atoms with van der Waals surface area (Å²) in [6.07, 6.45) is -1.14. The molecule has 36 heteroatoms. The second-order valence-corrected chi connectivity index (χ2v) is 39.2. The summed E-state index contributed by atoms with van der Waals surface area (Å²) < 4.78 is 227. The summed E-state index contributed by atoms with van der Waals surface area (Å²) in [5.41, 5.74) is -8.80. The van der Waals surface area contributed by atoms with Gasteiger partial charge in [0.2, 0.25) is 66.6 Å². The molecule has 2 aromatic heterocycles. The van der Waals surface area contributed by atoms with Crippen LogP contribution in [0.4, 0.5) is 43.9 Å². The molecule has 4 aromatic rings. The maximum Gasteiger partial charge on any atom is 0.427 e. The Hall–Kier alpha value is -8.70. The Kier molecular flexibility index (Phi) is 27.0. The van der Waals surface area contributed by atoms with E-state index in [0.717, 1.165) is 0 Å². The number of esters is 2. The van der Waals surface area contributed by atoms with Gasteiger partial charge in [-0.1, -0.05) is 52.0 Å². The molecule has 2 N–H and O–H groups in total. The highest BCUT2D eigenvalue weighted by molar-refractivity contribution is 7.92. The van der Waals surface area contributed by atoms with E-state index < -0.39 is 222 Å². The molecule has 6 fully saturated rings. The van der Waals surface area contributed by atoms with Gasteiger partial charge in [-0.2, -0.15) is 26.3 Å². The van der Waals surface area contributed by atoms with E-state index >= 15 is 8.78 Å². The second kappa shape index (κ2) is 35.3. The van der Waals surface area contributed by atoms with Gasteiger partial charge < -0.3 is 38.2 Å². The summed E-state index contributed by atoms with van der Waals surface area (Å²) in [4.78, 5) is 124. The predicted molar refractivity (Wildman–Crippen MR) is 416 cm³/mol. The number of hydrogen-bond donors (Lipinski definition) is 2. The molecule has 12 rings (SSSR count). The third-order valence-corrected chi connectivity index (χ3v) is 29.4. The number of alkyl halides is 8. The summed E-state index contributed by atoms with van der Waals surface area (Å²) in [6, 6.07) is 5.96. The van der Waals surface area contributed by atoms with Crippen molar-refractivity contribution in [2.45, 2.75) is 242 Å². The average molecular weight is 1740 g/mol. The molecule has 4 amide bonds. The maximum atomic E-state index is 15.1. The third kappa shape index (κ3) is 19.7. The molecule has 14 atom stereocenters. The quantitative estimate of drug-likeness (QED) is 0.0419. The lowest BCUT2D eigenvalue weighted by molar-refractivity contribution is -0.257. The highest BCUT2D eigenvalue weighted by Gasteiger charge is 2.66. The summed E-state index contributed by atoms with van der Waals surface area (Å²) in [5.74, 6) is -13.4. The Morgan fingerprint density at radius 2 is 0.908 bits per heavy atom. The number of hydrogen-bond acceptors (Lipinski definition) is 20. The van der Waals surface area contributed by atoms with Crippen LogP contribution in [-0.2, 0) is 67.9 Å². The first-order valence-electron chi connectivity index (χ1n) is 40.7. The van der Waals surface area contributed by atoms with Gasteiger partial charge in [0.25, 0.3) is 0 Å². The second-order valence-electron chi connectivity index (χ2n) is 35.0. The molecule has 4 saturated carbocycles. The smallest absolute Gasteiger partial charge is 0.427 e. The van der Waals surface area contributed by atoms with Gasteiger partial charge in [-0.25, -0.2) is 44.4 Å². The van der Waals surface area contributed by atoms with E-state index in [-0.39, 0.29) is 124 Å². The van der Waals surface area contributed by atoms with Crippen LogP contribution < -0.4 is 28.4 Å². The van der Waals surface area contributed by atoms with Crippen molar-refractivity contribution in [2.24, 2.45) is 58.2 Å². The van der Waals surface area contributed by atoms with E-state index in [0.29, 0.717) is 77.0 Å². The minimum atomic E-state index is -4.91. The Morgan fingerprint density at radius 3 is 1.23 bits per heavy atom. The van der Waals surface area contributed by atoms with Crippen molar-refractivity contribution in [3.63, 3.8) is 0 Å². The number of aromatic nitrogens is 2. The van der Waals surface area contributed by atoms with Gasteiger partial charge in [0, 0.05) is 48.8 Å². The van der Waals surface area contributed by atoms with Crippen molar-refractivity contribution in [2.75, 3.05) is 39.7 Å². The van der Waals surface area contributed by atoms with Crippen LogP contribution in [0.15, 0.2) is 73.1 Å². The number of pyridine rings is 2. The highest BCUT2D eigenvalue weighted by atomic mass is 32.2. The van der Waals surface area contributed by atoms with Crippen LogP contribution in [0.1, 0.15) is 185 Å². The summed E-state index contributed by atoms with van der Waals surface area (Å²) >= 11 is 0. The Bertz CT molecular complexity index is 4590. The van der Waals surface area contributed by atoms with Gasteiger partial charge in [-0.3, -0.25) is 47.8 Å². The van der Waals surface area contributed by atoms with Crippen LogP contribution in [-0.4, -0.2) is 181 Å². The Labute approximate surface area is 690 Å². The first-order valence-corrected chi connectivity index (χ1v) is 43.7. The molecule has 0 radical (unpaired) electrons. The number of nitrogens with one attached hydrogen (secondary N) is 2. The number of halogens is 10. The Balaban J connectivity index is 0.000000235. The lowest BCUT2D eigenvalue weighted by Crippen LogP contribution is -2.49. The van der Waals surface area contributed by atoms with Crippen LogP contribution in [0, 0.1) is 69.8 Å². The molecular formula is C84H104F10N6O18S2. The molecule has 660 valence electrons. The van der Waals surface area contributed by atoms with E-state index in [2.05, 4.69) is 19.4 Å². The van der Waals surface area contributed by atoms with Crippen LogP contribution in [0.2, 0.25) is 0 Å². The van der Waals surface area contributed by atoms with Gasteiger partial charge >= 0.3 is 24.3 Å². The van der Waals surface area contributed by atoms with E-state index in [9.17, 15) is 90.3 Å². The van der Waals surface area contributed by atoms with E-state index in [4.69, 9.17) is 28.4 Å². The first kappa shape index (κ1) is 92.0. The zero-order chi connectivity index (χ0) is 88.0. The molecule has 4 aliphatic heterocycles. The van der Waals surface area contributed by atoms with Crippen molar-refractivity contribution in [1.29, 1.82) is 0 Å². The third-order valence-electron chi connectivity index (χ3n) is 25.2. The van der Waals surface area contributed by atoms with Gasteiger partial charge in [0.15, 0.2) is 34.7 Å². The minimum Gasteiger partial charge on any atom is -0.491 e. The molecule has 120 heavy (non-hydrogen) atoms. The predicted octanol–water partition coefficient (Wildman–Crippen LogP) is 13.9. The number of carbonyl (C=O) groups is 8. The number of benzene rings is 2. The van der Waals surface area contributed by atoms with Crippen LogP contribution in [0.3, 0.4) is 0 Å². The first-order chi connectivity index (χ1) is 56.1. The SMILES string of the molecule is CCOc1cc2ccnc(O[C@@H]3C[C@H]4C(=O)C[C@]5(C(=O)NS(=O)(=O)C6(CF)CC6)C[C@H]5/C=C\CC[C@@H](C)C[C@@H](C)[C@H](CC(=O)OC(C)(C)C(F)(F)F)C(=O)N4C3)c2cc1F.CCOc1cc2ccnc(O[C@@H]3C[C@H]4C(=O)C[C@]5(C(=O)NS(=O)(=O)C6(CF)CC6)C[C@H]5/C=C\CC[C@H](C)C[C@@H](C)[C@H](CC(=O)OC(C)(C)C(F)(F)F)C(=O)N4C3)c2cc1F. The van der Waals surface area contributed by atoms with Gasteiger partial charge in [-0.05, 0) is 201 Å².